The minimum atomic E-state index is -1.37. The molecule has 1 atom stereocenters. The van der Waals surface area contributed by atoms with Crippen LogP contribution in [0.1, 0.15) is 6.42 Å². The number of ether oxygens (including phenoxy) is 1. The molecule has 0 aromatic carbocycles. The summed E-state index contributed by atoms with van der Waals surface area (Å²) in [5.74, 6) is 1.05. The zero-order valence-electron chi connectivity index (χ0n) is 10.7. The molecule has 90 valence electrons. The molecule has 16 heavy (non-hydrogen) atoms. The highest BCUT2D eigenvalue weighted by Gasteiger charge is 2.40. The van der Waals surface area contributed by atoms with Crippen molar-refractivity contribution in [3.63, 3.8) is 0 Å². The highest BCUT2D eigenvalue weighted by molar-refractivity contribution is 6.73. The molecule has 0 spiro atoms. The van der Waals surface area contributed by atoms with Gasteiger partial charge < -0.3 is 9.41 Å². The van der Waals surface area contributed by atoms with Gasteiger partial charge in [0.05, 0.1) is 18.9 Å². The molecule has 1 N–H and O–H groups in total. The van der Waals surface area contributed by atoms with Crippen molar-refractivity contribution < 1.29 is 4.74 Å². The fourth-order valence-electron chi connectivity index (χ4n) is 2.44. The first-order valence-electron chi connectivity index (χ1n) is 5.68. The van der Waals surface area contributed by atoms with Gasteiger partial charge in [-0.3, -0.25) is 0 Å². The summed E-state index contributed by atoms with van der Waals surface area (Å²) in [7, 11) is 2.45. The van der Waals surface area contributed by atoms with Crippen molar-refractivity contribution in [1.82, 2.24) is 15.2 Å². The number of hydrogen-bond donors (Lipinski definition) is 1. The van der Waals surface area contributed by atoms with Crippen LogP contribution in [0.2, 0.25) is 19.6 Å². The summed E-state index contributed by atoms with van der Waals surface area (Å²) in [6.45, 7) is 7.05. The number of hydrazine groups is 2. The topological polar surface area (TPSA) is 27.7 Å². The molecule has 0 aromatic rings. The van der Waals surface area contributed by atoms with Crippen LogP contribution in [-0.4, -0.2) is 38.2 Å². The number of fused-ring (bicyclic) bond motifs is 1. The highest BCUT2D eigenvalue weighted by atomic mass is 28.3. The van der Waals surface area contributed by atoms with E-state index in [0.717, 1.165) is 12.2 Å². The van der Waals surface area contributed by atoms with Crippen molar-refractivity contribution in [2.45, 2.75) is 32.1 Å². The first-order valence-corrected chi connectivity index (χ1v) is 9.13. The lowest BCUT2D eigenvalue weighted by Gasteiger charge is -2.37. The minimum absolute atomic E-state index is 0.372. The molecule has 2 rings (SSSR count). The second-order valence-corrected chi connectivity index (χ2v) is 10.1. The fraction of sp³-hybridized carbons (Fsp3) is 0.636. The average Bonchev–Trinajstić information content (AvgIpc) is 2.51. The molecule has 1 aliphatic heterocycles. The summed E-state index contributed by atoms with van der Waals surface area (Å²) in [5, 5.41) is 2.13. The van der Waals surface area contributed by atoms with Gasteiger partial charge in [0.1, 0.15) is 0 Å². The summed E-state index contributed by atoms with van der Waals surface area (Å²) in [4.78, 5) is 0. The molecule has 4 nitrogen and oxygen atoms in total. The van der Waals surface area contributed by atoms with Crippen LogP contribution in [0, 0.1) is 0 Å². The van der Waals surface area contributed by atoms with Gasteiger partial charge >= 0.3 is 0 Å². The molecule has 1 aliphatic carbocycles. The van der Waals surface area contributed by atoms with Gasteiger partial charge in [0.25, 0.3) is 0 Å². The van der Waals surface area contributed by atoms with Crippen molar-refractivity contribution in [3.05, 3.63) is 23.6 Å². The number of allylic oxidation sites excluding steroid dienone is 2. The molecule has 1 heterocycles. The smallest absolute Gasteiger partial charge is 0.168 e. The largest absolute Gasteiger partial charge is 0.501 e. The third kappa shape index (κ3) is 1.90. The van der Waals surface area contributed by atoms with E-state index in [1.54, 1.807) is 7.11 Å². The molecule has 1 fully saturated rings. The normalized spacial score (nSPS) is 26.3. The van der Waals surface area contributed by atoms with Crippen molar-refractivity contribution in [2.24, 2.45) is 0 Å². The van der Waals surface area contributed by atoms with Crippen molar-refractivity contribution >= 4 is 8.24 Å². The van der Waals surface area contributed by atoms with Crippen LogP contribution in [-0.2, 0) is 4.74 Å². The van der Waals surface area contributed by atoms with Gasteiger partial charge in [0.15, 0.2) is 8.24 Å². The van der Waals surface area contributed by atoms with E-state index in [1.807, 2.05) is 0 Å². The predicted molar refractivity (Wildman–Crippen MR) is 67.7 cm³/mol. The quantitative estimate of drug-likeness (QED) is 0.742. The first kappa shape index (κ1) is 11.7. The lowest BCUT2D eigenvalue weighted by molar-refractivity contribution is 0.106. The Morgan fingerprint density at radius 2 is 2.06 bits per heavy atom. The van der Waals surface area contributed by atoms with Gasteiger partial charge in [-0.25, -0.2) is 5.43 Å². The summed E-state index contributed by atoms with van der Waals surface area (Å²) in [5.41, 5.74) is 4.86. The predicted octanol–water partition coefficient (Wildman–Crippen LogP) is 1.67. The number of nitrogens with one attached hydrogen (secondary N) is 1. The Morgan fingerprint density at radius 3 is 2.62 bits per heavy atom. The monoisotopic (exact) mass is 239 g/mol. The maximum Gasteiger partial charge on any atom is 0.168 e. The number of nitrogens with zero attached hydrogens (tertiary/aromatic N) is 2. The van der Waals surface area contributed by atoms with Gasteiger partial charge in [-0.05, 0) is 12.2 Å². The van der Waals surface area contributed by atoms with Crippen LogP contribution >= 0.6 is 0 Å². The standard InChI is InChI=1S/C11H21N3OSi/c1-13-12-10-8-9(15-2)6-7-11(10)14(13)16(3,4)5/h6-7,10,12H,8H2,1-5H3. The van der Waals surface area contributed by atoms with E-state index in [0.29, 0.717) is 6.04 Å². The Bertz CT molecular complexity index is 346. The van der Waals surface area contributed by atoms with E-state index in [4.69, 9.17) is 4.74 Å². The van der Waals surface area contributed by atoms with E-state index in [9.17, 15) is 0 Å². The zero-order valence-corrected chi connectivity index (χ0v) is 11.7. The minimum Gasteiger partial charge on any atom is -0.501 e. The third-order valence-corrected chi connectivity index (χ3v) is 4.82. The molecule has 1 saturated heterocycles. The molecular weight excluding hydrogens is 218 g/mol. The SMILES string of the molecule is COC1=CC=C2C(C1)NN(C)N2[Si](C)(C)C. The number of rotatable bonds is 2. The summed E-state index contributed by atoms with van der Waals surface area (Å²) < 4.78 is 7.74. The van der Waals surface area contributed by atoms with Gasteiger partial charge in [-0.2, -0.15) is 5.12 Å². The van der Waals surface area contributed by atoms with Crippen molar-refractivity contribution in [3.8, 4) is 0 Å². The molecule has 0 bridgehead atoms. The molecule has 2 aliphatic rings. The van der Waals surface area contributed by atoms with Crippen LogP contribution in [0.4, 0.5) is 0 Å². The number of hydrogen-bond acceptors (Lipinski definition) is 4. The van der Waals surface area contributed by atoms with Gasteiger partial charge in [-0.1, -0.05) is 19.6 Å². The van der Waals surface area contributed by atoms with E-state index in [2.05, 4.69) is 54.1 Å². The van der Waals surface area contributed by atoms with E-state index >= 15 is 0 Å². The van der Waals surface area contributed by atoms with Crippen molar-refractivity contribution in [1.29, 1.82) is 0 Å². The third-order valence-electron chi connectivity index (χ3n) is 2.99. The maximum absolute atomic E-state index is 5.31. The van der Waals surface area contributed by atoms with E-state index in [-0.39, 0.29) is 0 Å². The Labute approximate surface area is 98.6 Å². The Balaban J connectivity index is 2.28. The van der Waals surface area contributed by atoms with Crippen LogP contribution in [0.15, 0.2) is 23.6 Å². The second-order valence-electron chi connectivity index (χ2n) is 5.32. The Kier molecular flexibility index (Phi) is 2.85. The first-order chi connectivity index (χ1) is 7.43. The average molecular weight is 239 g/mol. The van der Waals surface area contributed by atoms with Crippen LogP contribution in [0.25, 0.3) is 0 Å². The molecular formula is C11H21N3OSi. The maximum atomic E-state index is 5.31. The summed E-state index contributed by atoms with van der Waals surface area (Å²) in [6.07, 6.45) is 5.20. The summed E-state index contributed by atoms with van der Waals surface area (Å²) in [6, 6.07) is 0.372. The van der Waals surface area contributed by atoms with Gasteiger partial charge in [0, 0.05) is 19.2 Å². The second kappa shape index (κ2) is 3.91. The zero-order chi connectivity index (χ0) is 11.9. The highest BCUT2D eigenvalue weighted by Crippen LogP contribution is 2.31. The van der Waals surface area contributed by atoms with Crippen molar-refractivity contribution in [2.75, 3.05) is 14.2 Å². The van der Waals surface area contributed by atoms with Crippen LogP contribution < -0.4 is 5.43 Å². The van der Waals surface area contributed by atoms with Gasteiger partial charge in [-0.15, -0.1) is 0 Å². The number of methoxy groups -OCH3 is 1. The molecule has 1 unspecified atom stereocenters. The molecule has 0 aromatic heterocycles. The molecule has 5 heteroatoms. The summed E-state index contributed by atoms with van der Waals surface area (Å²) >= 11 is 0. The molecule has 0 amide bonds. The van der Waals surface area contributed by atoms with Crippen LogP contribution in [0.5, 0.6) is 0 Å². The van der Waals surface area contributed by atoms with Gasteiger partial charge in [0.2, 0.25) is 0 Å². The lowest BCUT2D eigenvalue weighted by Crippen LogP contribution is -2.52. The van der Waals surface area contributed by atoms with E-state index < -0.39 is 8.24 Å². The lowest BCUT2D eigenvalue weighted by atomic mass is 10.1. The molecule has 0 saturated carbocycles. The fourth-order valence-corrected chi connectivity index (χ4v) is 4.41. The van der Waals surface area contributed by atoms with E-state index in [1.165, 1.54) is 5.70 Å². The molecule has 0 radical (unpaired) electrons. The Morgan fingerprint density at radius 1 is 1.38 bits per heavy atom. The van der Waals surface area contributed by atoms with Crippen LogP contribution in [0.3, 0.4) is 0 Å². The Hall–Kier alpha value is -0.783.